The summed E-state index contributed by atoms with van der Waals surface area (Å²) >= 11 is 0. The molecule has 0 aliphatic carbocycles. The van der Waals surface area contributed by atoms with E-state index in [1.54, 1.807) is 13.0 Å². The molecule has 1 aliphatic rings. The zero-order valence-corrected chi connectivity index (χ0v) is 14.4. The van der Waals surface area contributed by atoms with Crippen molar-refractivity contribution in [2.24, 2.45) is 5.92 Å². The molecule has 0 aromatic carbocycles. The highest BCUT2D eigenvalue weighted by Gasteiger charge is 2.24. The molecule has 1 atom stereocenters. The number of hydrogen-bond donors (Lipinski definition) is 0. The first kappa shape index (κ1) is 15.9. The van der Waals surface area contributed by atoms with Gasteiger partial charge in [-0.1, -0.05) is 5.16 Å². The molecule has 3 aromatic rings. The van der Waals surface area contributed by atoms with Crippen LogP contribution >= 0.6 is 0 Å². The molecule has 3 aromatic heterocycles. The number of carbonyl (C=O) groups excluding carboxylic acids is 1. The molecule has 1 aliphatic heterocycles. The number of fused-ring (bicyclic) bond motifs is 1. The van der Waals surface area contributed by atoms with Crippen molar-refractivity contribution in [1.82, 2.24) is 19.4 Å². The van der Waals surface area contributed by atoms with Crippen LogP contribution in [0, 0.1) is 12.8 Å². The van der Waals surface area contributed by atoms with Crippen LogP contribution in [0.3, 0.4) is 0 Å². The standard InChI is InChI=1S/C19H22N4O2/c1-14-12-17(21-25-14)19(24)23-9-2-4-15(6-10-23)13-16-18-5-3-8-22(18)11-7-20-16/h3,5,7-8,11-12,15H,2,4,6,9-10,13H2,1H3/t15-/m0/s1. The molecule has 0 N–H and O–H groups in total. The molecule has 1 fully saturated rings. The Morgan fingerprint density at radius 2 is 2.24 bits per heavy atom. The van der Waals surface area contributed by atoms with Gasteiger partial charge in [-0.2, -0.15) is 0 Å². The summed E-state index contributed by atoms with van der Waals surface area (Å²) in [6.07, 6.45) is 9.97. The van der Waals surface area contributed by atoms with Crippen molar-refractivity contribution in [3.05, 3.63) is 53.9 Å². The van der Waals surface area contributed by atoms with Gasteiger partial charge in [0.2, 0.25) is 0 Å². The fourth-order valence-corrected chi connectivity index (χ4v) is 3.66. The van der Waals surface area contributed by atoms with Gasteiger partial charge < -0.3 is 13.8 Å². The van der Waals surface area contributed by atoms with Crippen LogP contribution in [0.1, 0.15) is 41.2 Å². The number of carbonyl (C=O) groups is 1. The van der Waals surface area contributed by atoms with E-state index in [4.69, 9.17) is 4.52 Å². The predicted octanol–water partition coefficient (Wildman–Crippen LogP) is 3.12. The lowest BCUT2D eigenvalue weighted by Crippen LogP contribution is -2.32. The highest BCUT2D eigenvalue weighted by Crippen LogP contribution is 2.24. The molecule has 6 nitrogen and oxygen atoms in total. The predicted molar refractivity (Wildman–Crippen MR) is 93.4 cm³/mol. The Kier molecular flexibility index (Phi) is 4.26. The minimum Gasteiger partial charge on any atom is -0.361 e. The summed E-state index contributed by atoms with van der Waals surface area (Å²) in [5.41, 5.74) is 2.73. The van der Waals surface area contributed by atoms with E-state index >= 15 is 0 Å². The molecule has 0 bridgehead atoms. The van der Waals surface area contributed by atoms with Crippen LogP contribution in [0.5, 0.6) is 0 Å². The molecule has 6 heteroatoms. The van der Waals surface area contributed by atoms with Gasteiger partial charge in [-0.05, 0) is 50.7 Å². The van der Waals surface area contributed by atoms with Gasteiger partial charge >= 0.3 is 0 Å². The number of aromatic nitrogens is 3. The molecule has 4 rings (SSSR count). The average Bonchev–Trinajstić information content (AvgIpc) is 3.20. The minimum atomic E-state index is -0.0238. The molecule has 25 heavy (non-hydrogen) atoms. The van der Waals surface area contributed by atoms with E-state index in [-0.39, 0.29) is 5.91 Å². The smallest absolute Gasteiger partial charge is 0.276 e. The number of amides is 1. The van der Waals surface area contributed by atoms with Gasteiger partial charge in [-0.15, -0.1) is 0 Å². The maximum atomic E-state index is 12.6. The van der Waals surface area contributed by atoms with Crippen molar-refractivity contribution < 1.29 is 9.32 Å². The Labute approximate surface area is 146 Å². The normalized spacial score (nSPS) is 18.4. The Balaban J connectivity index is 1.43. The SMILES string of the molecule is Cc1cc(C(=O)N2CCC[C@H](Cc3nccn4cccc34)CC2)no1. The van der Waals surface area contributed by atoms with Crippen molar-refractivity contribution in [3.63, 3.8) is 0 Å². The van der Waals surface area contributed by atoms with Crippen molar-refractivity contribution >= 4 is 11.4 Å². The molecule has 4 heterocycles. The molecular weight excluding hydrogens is 316 g/mol. The van der Waals surface area contributed by atoms with Crippen molar-refractivity contribution in [1.29, 1.82) is 0 Å². The fourth-order valence-electron chi connectivity index (χ4n) is 3.66. The van der Waals surface area contributed by atoms with Crippen molar-refractivity contribution in [2.45, 2.75) is 32.6 Å². The summed E-state index contributed by atoms with van der Waals surface area (Å²) in [6, 6.07) is 5.87. The third kappa shape index (κ3) is 3.29. The summed E-state index contributed by atoms with van der Waals surface area (Å²) in [7, 11) is 0. The van der Waals surface area contributed by atoms with Crippen molar-refractivity contribution in [3.8, 4) is 0 Å². The first-order valence-corrected chi connectivity index (χ1v) is 8.84. The van der Waals surface area contributed by atoms with Crippen LogP contribution < -0.4 is 0 Å². The highest BCUT2D eigenvalue weighted by molar-refractivity contribution is 5.92. The summed E-state index contributed by atoms with van der Waals surface area (Å²) in [5, 5.41) is 3.86. The number of nitrogens with zero attached hydrogens (tertiary/aromatic N) is 4. The third-order valence-corrected chi connectivity index (χ3v) is 5.00. The molecule has 0 saturated carbocycles. The van der Waals surface area contributed by atoms with E-state index in [0.717, 1.165) is 44.5 Å². The fraction of sp³-hybridized carbons (Fsp3) is 0.421. The molecule has 130 valence electrons. The van der Waals surface area contributed by atoms with Gasteiger partial charge in [0.15, 0.2) is 5.69 Å². The van der Waals surface area contributed by atoms with E-state index < -0.39 is 0 Å². The molecule has 0 unspecified atom stereocenters. The second-order valence-corrected chi connectivity index (χ2v) is 6.79. The Bertz CT molecular complexity index is 882. The summed E-state index contributed by atoms with van der Waals surface area (Å²) < 4.78 is 7.15. The van der Waals surface area contributed by atoms with Gasteiger partial charge in [-0.3, -0.25) is 9.78 Å². The number of aryl methyl sites for hydroxylation is 1. The topological polar surface area (TPSA) is 63.6 Å². The molecule has 1 saturated heterocycles. The Morgan fingerprint density at radius 1 is 1.32 bits per heavy atom. The quantitative estimate of drug-likeness (QED) is 0.736. The van der Waals surface area contributed by atoms with Gasteiger partial charge in [-0.25, -0.2) is 0 Å². The van der Waals surface area contributed by atoms with Crippen LogP contribution in [-0.4, -0.2) is 38.4 Å². The highest BCUT2D eigenvalue weighted by atomic mass is 16.5. The summed E-state index contributed by atoms with van der Waals surface area (Å²) in [6.45, 7) is 3.35. The monoisotopic (exact) mass is 338 g/mol. The lowest BCUT2D eigenvalue weighted by molar-refractivity contribution is 0.0749. The maximum absolute atomic E-state index is 12.6. The van der Waals surface area contributed by atoms with Crippen LogP contribution in [0.15, 0.2) is 41.3 Å². The maximum Gasteiger partial charge on any atom is 0.276 e. The molecular formula is C19H22N4O2. The molecule has 0 spiro atoms. The van der Waals surface area contributed by atoms with Gasteiger partial charge in [0.1, 0.15) is 5.76 Å². The number of hydrogen-bond acceptors (Lipinski definition) is 4. The lowest BCUT2D eigenvalue weighted by atomic mass is 9.95. The Morgan fingerprint density at radius 3 is 3.08 bits per heavy atom. The Hall–Kier alpha value is -2.63. The van der Waals surface area contributed by atoms with E-state index in [1.165, 1.54) is 5.52 Å². The van der Waals surface area contributed by atoms with E-state index in [1.807, 2.05) is 29.6 Å². The van der Waals surface area contributed by atoms with Crippen LogP contribution in [0.4, 0.5) is 0 Å². The lowest BCUT2D eigenvalue weighted by Gasteiger charge is -2.19. The summed E-state index contributed by atoms with van der Waals surface area (Å²) in [5.74, 6) is 1.19. The van der Waals surface area contributed by atoms with Gasteiger partial charge in [0.05, 0.1) is 11.2 Å². The largest absolute Gasteiger partial charge is 0.361 e. The second-order valence-electron chi connectivity index (χ2n) is 6.79. The zero-order valence-electron chi connectivity index (χ0n) is 14.4. The average molecular weight is 338 g/mol. The van der Waals surface area contributed by atoms with Crippen LogP contribution in [0.25, 0.3) is 5.52 Å². The van der Waals surface area contributed by atoms with Crippen LogP contribution in [0.2, 0.25) is 0 Å². The van der Waals surface area contributed by atoms with Crippen LogP contribution in [-0.2, 0) is 6.42 Å². The van der Waals surface area contributed by atoms with E-state index in [9.17, 15) is 4.79 Å². The first-order valence-electron chi connectivity index (χ1n) is 8.84. The second kappa shape index (κ2) is 6.70. The minimum absolute atomic E-state index is 0.0238. The number of likely N-dealkylation sites (tertiary alicyclic amines) is 1. The zero-order chi connectivity index (χ0) is 17.2. The third-order valence-electron chi connectivity index (χ3n) is 5.00. The van der Waals surface area contributed by atoms with Crippen molar-refractivity contribution in [2.75, 3.05) is 13.1 Å². The summed E-state index contributed by atoms with van der Waals surface area (Å²) in [4.78, 5) is 19.0. The first-order chi connectivity index (χ1) is 12.2. The van der Waals surface area contributed by atoms with Gasteiger partial charge in [0, 0.05) is 37.7 Å². The van der Waals surface area contributed by atoms with E-state index in [0.29, 0.717) is 17.4 Å². The molecule has 1 amide bonds. The number of rotatable bonds is 3. The molecule has 0 radical (unpaired) electrons. The van der Waals surface area contributed by atoms with E-state index in [2.05, 4.69) is 20.6 Å². The van der Waals surface area contributed by atoms with Gasteiger partial charge in [0.25, 0.3) is 5.91 Å².